The average molecular weight is 965 g/mol. The van der Waals surface area contributed by atoms with Crippen LogP contribution in [0.1, 0.15) is 113 Å². The van der Waals surface area contributed by atoms with Crippen molar-refractivity contribution in [1.29, 1.82) is 0 Å². The Bertz CT molecular complexity index is 2840. The maximum Gasteiger partial charge on any atom is 0.261 e. The number of hydrogen-bond acceptors (Lipinski definition) is 10. The van der Waals surface area contributed by atoms with Gasteiger partial charge in [-0.1, -0.05) is 64.9 Å². The van der Waals surface area contributed by atoms with Crippen LogP contribution in [0.4, 0.5) is 22.7 Å². The lowest BCUT2D eigenvalue weighted by Gasteiger charge is -2.25. The molecular weight excluding hydrogens is 905 g/mol. The molecule has 0 aliphatic carbocycles. The zero-order valence-electron chi connectivity index (χ0n) is 40.3. The van der Waals surface area contributed by atoms with Gasteiger partial charge in [0.05, 0.1) is 24.4 Å². The number of hydrogen-bond donors (Lipinski definition) is 0. The van der Waals surface area contributed by atoms with Crippen LogP contribution in [0, 0.1) is 6.92 Å². The highest BCUT2D eigenvalue weighted by molar-refractivity contribution is 8.77. The topological polar surface area (TPSA) is 118 Å². The number of carbonyl (C=O) groups excluding carboxylic acids is 4. The van der Waals surface area contributed by atoms with Gasteiger partial charge in [0.15, 0.2) is 11.5 Å². The van der Waals surface area contributed by atoms with Gasteiger partial charge in [0, 0.05) is 84.2 Å². The normalized spacial score (nSPS) is 16.7. The van der Waals surface area contributed by atoms with Crippen LogP contribution in [0.3, 0.4) is 0 Å². The highest BCUT2D eigenvalue weighted by Gasteiger charge is 2.38. The second kappa shape index (κ2) is 20.5. The molecule has 358 valence electrons. The van der Waals surface area contributed by atoms with Gasteiger partial charge in [-0.05, 0) is 135 Å². The van der Waals surface area contributed by atoms with Crippen molar-refractivity contribution in [3.05, 3.63) is 136 Å². The molecule has 2 atom stereocenters. The minimum Gasteiger partial charge on any atom is -0.493 e. The van der Waals surface area contributed by atoms with E-state index in [4.69, 9.17) is 19.2 Å². The SMILES string of the molecule is CCC(=O)CCCSSC(C)(C)CCC(=O)N(C)c1cc(COc2cc3c(cc2C)C(=O)N2c4ccccc4C[C@H]2C=N3)cc(COc2cc3c(cc2OC)C(=O)N2c4ccccc4C[C@H]2CC3)c1. The lowest BCUT2D eigenvalue weighted by Crippen LogP contribution is -2.37. The predicted octanol–water partition coefficient (Wildman–Crippen LogP) is 11.6. The summed E-state index contributed by atoms with van der Waals surface area (Å²) in [5.41, 5.74) is 10.0. The van der Waals surface area contributed by atoms with Crippen molar-refractivity contribution >= 4 is 74.1 Å². The first-order valence-electron chi connectivity index (χ1n) is 24.0. The number of nitrogens with zero attached hydrogens (tertiary/aromatic N) is 4. The third-order valence-corrected chi connectivity index (χ3v) is 17.1. The summed E-state index contributed by atoms with van der Waals surface area (Å²) < 4.78 is 18.8. The third-order valence-electron chi connectivity index (χ3n) is 13.7. The molecule has 4 aliphatic rings. The molecule has 0 bridgehead atoms. The number of methoxy groups -OCH3 is 1. The minimum absolute atomic E-state index is 0.0142. The molecule has 0 aromatic heterocycles. The fraction of sp³-hybridized carbons (Fsp3) is 0.375. The van der Waals surface area contributed by atoms with Crippen LogP contribution in [-0.4, -0.2) is 66.5 Å². The number of aliphatic imine (C=N–C) groups is 1. The van der Waals surface area contributed by atoms with Crippen molar-refractivity contribution in [2.45, 2.75) is 116 Å². The standard InChI is InChI=1S/C56H60N4O7S2/c1-7-44(61)15-12-22-68-69-56(3,4)21-20-53(62)58(5)42-25-36(33-66-50-31-47-46(23-35(50)2)55(64)60-43(32-57-47)28-40-14-9-11-17-49(40)60)24-37(26-42)34-67-52-29-38-18-19-41-27-39-13-8-10-16-48(39)59(41)54(63)45(38)30-51(52)65-6/h8-11,13-14,16-17,23-26,29-32,41,43H,7,12,15,18-22,27-28,33-34H2,1-6H3/t41-,43+/m1/s1. The quantitative estimate of drug-likeness (QED) is 0.0625. The van der Waals surface area contributed by atoms with Crippen molar-refractivity contribution < 1.29 is 33.4 Å². The number of benzene rings is 5. The largest absolute Gasteiger partial charge is 0.493 e. The monoisotopic (exact) mass is 964 g/mol. The number of amides is 3. The van der Waals surface area contributed by atoms with Crippen LogP contribution in [0.2, 0.25) is 0 Å². The number of ketones is 1. The van der Waals surface area contributed by atoms with E-state index in [2.05, 4.69) is 26.0 Å². The first-order valence-corrected chi connectivity index (χ1v) is 26.3. The molecule has 0 saturated heterocycles. The Kier molecular flexibility index (Phi) is 14.3. The zero-order valence-corrected chi connectivity index (χ0v) is 42.0. The van der Waals surface area contributed by atoms with E-state index in [-0.39, 0.29) is 47.8 Å². The van der Waals surface area contributed by atoms with Crippen molar-refractivity contribution in [1.82, 2.24) is 0 Å². The van der Waals surface area contributed by atoms with Crippen LogP contribution in [0.5, 0.6) is 17.2 Å². The van der Waals surface area contributed by atoms with Crippen LogP contribution in [0.25, 0.3) is 0 Å². The molecule has 4 aliphatic heterocycles. The first kappa shape index (κ1) is 48.0. The third kappa shape index (κ3) is 10.3. The summed E-state index contributed by atoms with van der Waals surface area (Å²) in [4.78, 5) is 64.2. The highest BCUT2D eigenvalue weighted by Crippen LogP contribution is 2.43. The van der Waals surface area contributed by atoms with Crippen LogP contribution in [0.15, 0.2) is 96.0 Å². The molecule has 5 aromatic carbocycles. The van der Waals surface area contributed by atoms with Crippen molar-refractivity contribution in [3.63, 3.8) is 0 Å². The van der Waals surface area contributed by atoms with E-state index >= 15 is 0 Å². The van der Waals surface area contributed by atoms with Gasteiger partial charge >= 0.3 is 0 Å². The lowest BCUT2D eigenvalue weighted by atomic mass is 9.99. The van der Waals surface area contributed by atoms with E-state index in [9.17, 15) is 19.2 Å². The number of aryl methyl sites for hydroxylation is 2. The van der Waals surface area contributed by atoms with Gasteiger partial charge in [0.1, 0.15) is 24.7 Å². The molecule has 0 spiro atoms. The Balaban J connectivity index is 0.941. The average Bonchev–Trinajstić information content (AvgIpc) is 3.85. The summed E-state index contributed by atoms with van der Waals surface area (Å²) in [5.74, 6) is 2.68. The summed E-state index contributed by atoms with van der Waals surface area (Å²) >= 11 is 0. The fourth-order valence-corrected chi connectivity index (χ4v) is 12.5. The molecule has 0 N–H and O–H groups in total. The van der Waals surface area contributed by atoms with E-state index in [0.717, 1.165) is 70.6 Å². The predicted molar refractivity (Wildman–Crippen MR) is 279 cm³/mol. The summed E-state index contributed by atoms with van der Waals surface area (Å²) in [7, 11) is 6.92. The number of anilines is 3. The van der Waals surface area contributed by atoms with E-state index in [1.807, 2.05) is 109 Å². The number of para-hydroxylation sites is 2. The smallest absolute Gasteiger partial charge is 0.261 e. The Morgan fingerprint density at radius 1 is 0.797 bits per heavy atom. The fourth-order valence-electron chi connectivity index (χ4n) is 9.79. The van der Waals surface area contributed by atoms with Gasteiger partial charge in [-0.15, -0.1) is 0 Å². The molecule has 5 aromatic rings. The Morgan fingerprint density at radius 2 is 1.48 bits per heavy atom. The maximum atomic E-state index is 14.2. The molecule has 0 radical (unpaired) electrons. The highest BCUT2D eigenvalue weighted by atomic mass is 33.1. The molecule has 3 amide bonds. The van der Waals surface area contributed by atoms with Gasteiger partial charge in [-0.2, -0.15) is 0 Å². The van der Waals surface area contributed by atoms with Crippen molar-refractivity contribution in [3.8, 4) is 17.2 Å². The minimum atomic E-state index is -0.156. The van der Waals surface area contributed by atoms with Gasteiger partial charge in [-0.25, -0.2) is 0 Å². The Labute approximate surface area is 413 Å². The summed E-state index contributed by atoms with van der Waals surface area (Å²) in [6.45, 7) is 8.49. The summed E-state index contributed by atoms with van der Waals surface area (Å²) in [6.07, 6.45) is 8.05. The van der Waals surface area contributed by atoms with Crippen molar-refractivity contribution in [2.24, 2.45) is 4.99 Å². The molecular formula is C56H60N4O7S2. The van der Waals surface area contributed by atoms with Crippen LogP contribution in [-0.2, 0) is 42.1 Å². The lowest BCUT2D eigenvalue weighted by molar-refractivity contribution is -0.119. The molecule has 11 nitrogen and oxygen atoms in total. The van der Waals surface area contributed by atoms with E-state index in [1.165, 1.54) is 5.56 Å². The molecule has 69 heavy (non-hydrogen) atoms. The molecule has 0 fully saturated rings. The van der Waals surface area contributed by atoms with E-state index in [1.54, 1.807) is 40.6 Å². The summed E-state index contributed by atoms with van der Waals surface area (Å²) in [5, 5.41) is 0. The molecule has 9 rings (SSSR count). The number of carbonyl (C=O) groups is 4. The molecule has 4 heterocycles. The van der Waals surface area contributed by atoms with Crippen LogP contribution >= 0.6 is 21.6 Å². The van der Waals surface area contributed by atoms with Gasteiger partial charge in [0.2, 0.25) is 5.91 Å². The molecule has 0 saturated carbocycles. The van der Waals surface area contributed by atoms with Gasteiger partial charge in [-0.3, -0.25) is 29.1 Å². The molecule has 13 heteroatoms. The van der Waals surface area contributed by atoms with Gasteiger partial charge in [0.25, 0.3) is 11.8 Å². The number of Topliss-reactive ketones (excluding diaryl/α,β-unsaturated/α-hetero) is 1. The van der Waals surface area contributed by atoms with E-state index in [0.29, 0.717) is 77.6 Å². The number of rotatable bonds is 18. The number of ether oxygens (including phenoxy) is 3. The zero-order chi connectivity index (χ0) is 48.4. The van der Waals surface area contributed by atoms with Gasteiger partial charge < -0.3 is 24.0 Å². The Hall–Kier alpha value is -6.05. The van der Waals surface area contributed by atoms with Crippen LogP contribution < -0.4 is 28.9 Å². The maximum absolute atomic E-state index is 14.2. The Morgan fingerprint density at radius 3 is 2.20 bits per heavy atom. The van der Waals surface area contributed by atoms with E-state index < -0.39 is 0 Å². The summed E-state index contributed by atoms with van der Waals surface area (Å²) in [6, 6.07) is 29.5. The molecule has 0 unspecified atom stereocenters. The number of fused-ring (bicyclic) bond motifs is 8. The second-order valence-corrected chi connectivity index (χ2v) is 22.2. The van der Waals surface area contributed by atoms with Crippen molar-refractivity contribution in [2.75, 3.05) is 34.6 Å². The first-order chi connectivity index (χ1) is 33.3. The second-order valence-electron chi connectivity index (χ2n) is 19.0.